The van der Waals surface area contributed by atoms with Crippen molar-refractivity contribution in [1.29, 1.82) is 0 Å². The SMILES string of the molecule is CCC(CC(O)C(C)N(C)C)c1ccccc1. The molecule has 1 N–H and O–H groups in total. The molecule has 0 aliphatic rings. The van der Waals surface area contributed by atoms with Crippen LogP contribution in [-0.2, 0) is 0 Å². The Morgan fingerprint density at radius 2 is 1.76 bits per heavy atom. The number of rotatable bonds is 6. The van der Waals surface area contributed by atoms with Gasteiger partial charge in [-0.05, 0) is 45.3 Å². The number of hydrogen-bond acceptors (Lipinski definition) is 2. The van der Waals surface area contributed by atoms with Gasteiger partial charge in [0.2, 0.25) is 0 Å². The molecule has 0 saturated carbocycles. The third-order valence-electron chi connectivity index (χ3n) is 3.66. The summed E-state index contributed by atoms with van der Waals surface area (Å²) in [4.78, 5) is 2.07. The van der Waals surface area contributed by atoms with Crippen LogP contribution in [0.15, 0.2) is 30.3 Å². The predicted molar refractivity (Wildman–Crippen MR) is 73.2 cm³/mol. The van der Waals surface area contributed by atoms with Crippen molar-refractivity contribution in [2.75, 3.05) is 14.1 Å². The molecule has 1 rings (SSSR count). The first-order valence-corrected chi connectivity index (χ1v) is 6.45. The number of nitrogens with zero attached hydrogens (tertiary/aromatic N) is 1. The Hall–Kier alpha value is -0.860. The molecule has 0 saturated heterocycles. The summed E-state index contributed by atoms with van der Waals surface area (Å²) in [6.45, 7) is 4.26. The molecule has 3 unspecified atom stereocenters. The average Bonchev–Trinajstić information content (AvgIpc) is 2.35. The Kier molecular flexibility index (Phi) is 5.66. The third-order valence-corrected chi connectivity index (χ3v) is 3.66. The Morgan fingerprint density at radius 1 is 1.18 bits per heavy atom. The first-order valence-electron chi connectivity index (χ1n) is 6.45. The molecule has 1 aromatic carbocycles. The molecule has 1 aromatic rings. The van der Waals surface area contributed by atoms with Crippen LogP contribution in [0.5, 0.6) is 0 Å². The summed E-state index contributed by atoms with van der Waals surface area (Å²) in [6.07, 6.45) is 1.64. The molecule has 0 heterocycles. The summed E-state index contributed by atoms with van der Waals surface area (Å²) in [5.41, 5.74) is 1.33. The first-order chi connectivity index (χ1) is 8.06. The smallest absolute Gasteiger partial charge is 0.0698 e. The Labute approximate surface area is 105 Å². The highest BCUT2D eigenvalue weighted by Crippen LogP contribution is 2.25. The average molecular weight is 235 g/mol. The van der Waals surface area contributed by atoms with Gasteiger partial charge in [-0.3, -0.25) is 0 Å². The topological polar surface area (TPSA) is 23.5 Å². The van der Waals surface area contributed by atoms with E-state index in [0.29, 0.717) is 5.92 Å². The zero-order chi connectivity index (χ0) is 12.8. The maximum atomic E-state index is 10.2. The summed E-state index contributed by atoms with van der Waals surface area (Å²) in [6, 6.07) is 10.7. The minimum Gasteiger partial charge on any atom is -0.391 e. The van der Waals surface area contributed by atoms with E-state index in [9.17, 15) is 5.11 Å². The van der Waals surface area contributed by atoms with Crippen molar-refractivity contribution in [1.82, 2.24) is 4.90 Å². The number of aliphatic hydroxyl groups is 1. The lowest BCUT2D eigenvalue weighted by atomic mass is 9.89. The van der Waals surface area contributed by atoms with Gasteiger partial charge in [0.1, 0.15) is 0 Å². The van der Waals surface area contributed by atoms with E-state index in [2.05, 4.69) is 43.0 Å². The van der Waals surface area contributed by atoms with E-state index in [1.54, 1.807) is 0 Å². The van der Waals surface area contributed by atoms with Crippen LogP contribution >= 0.6 is 0 Å². The molecule has 96 valence electrons. The lowest BCUT2D eigenvalue weighted by molar-refractivity contribution is 0.0721. The van der Waals surface area contributed by atoms with Gasteiger partial charge in [0, 0.05) is 6.04 Å². The number of aliphatic hydroxyl groups excluding tert-OH is 1. The van der Waals surface area contributed by atoms with E-state index in [0.717, 1.165) is 12.8 Å². The fourth-order valence-electron chi connectivity index (χ4n) is 2.10. The van der Waals surface area contributed by atoms with E-state index in [1.165, 1.54) is 5.56 Å². The predicted octanol–water partition coefficient (Wildman–Crippen LogP) is 2.88. The van der Waals surface area contributed by atoms with Crippen LogP contribution < -0.4 is 0 Å². The molecule has 0 bridgehead atoms. The Bertz CT molecular complexity index is 310. The van der Waals surface area contributed by atoms with Crippen LogP contribution in [0.4, 0.5) is 0 Å². The van der Waals surface area contributed by atoms with Crippen LogP contribution in [0.1, 0.15) is 38.2 Å². The van der Waals surface area contributed by atoms with Crippen LogP contribution in [0, 0.1) is 0 Å². The second kappa shape index (κ2) is 6.77. The van der Waals surface area contributed by atoms with E-state index < -0.39 is 0 Å². The fourth-order valence-corrected chi connectivity index (χ4v) is 2.10. The van der Waals surface area contributed by atoms with Crippen molar-refractivity contribution in [3.05, 3.63) is 35.9 Å². The maximum absolute atomic E-state index is 10.2. The standard InChI is InChI=1S/C15H25NO/c1-5-13(14-9-7-6-8-10-14)11-15(17)12(2)16(3)4/h6-10,12-13,15,17H,5,11H2,1-4H3. The van der Waals surface area contributed by atoms with Gasteiger partial charge in [-0.25, -0.2) is 0 Å². The largest absolute Gasteiger partial charge is 0.391 e. The maximum Gasteiger partial charge on any atom is 0.0698 e. The lowest BCUT2D eigenvalue weighted by Gasteiger charge is -2.28. The van der Waals surface area contributed by atoms with Crippen molar-refractivity contribution in [2.24, 2.45) is 0 Å². The second-order valence-corrected chi connectivity index (χ2v) is 5.02. The van der Waals surface area contributed by atoms with E-state index in [-0.39, 0.29) is 12.1 Å². The monoisotopic (exact) mass is 235 g/mol. The van der Waals surface area contributed by atoms with E-state index >= 15 is 0 Å². The zero-order valence-corrected chi connectivity index (χ0v) is 11.4. The summed E-state index contributed by atoms with van der Waals surface area (Å²) in [5, 5.41) is 10.2. The van der Waals surface area contributed by atoms with Gasteiger partial charge in [0.05, 0.1) is 6.10 Å². The van der Waals surface area contributed by atoms with Gasteiger partial charge < -0.3 is 10.0 Å². The molecule has 0 amide bonds. The summed E-state index contributed by atoms with van der Waals surface area (Å²) >= 11 is 0. The number of likely N-dealkylation sites (N-methyl/N-ethyl adjacent to an activating group) is 1. The number of benzene rings is 1. The summed E-state index contributed by atoms with van der Waals surface area (Å²) < 4.78 is 0. The zero-order valence-electron chi connectivity index (χ0n) is 11.4. The van der Waals surface area contributed by atoms with Gasteiger partial charge in [-0.15, -0.1) is 0 Å². The molecule has 0 aliphatic carbocycles. The minimum atomic E-state index is -0.268. The quantitative estimate of drug-likeness (QED) is 0.819. The molecular weight excluding hydrogens is 210 g/mol. The van der Waals surface area contributed by atoms with Crippen molar-refractivity contribution >= 4 is 0 Å². The molecule has 0 fully saturated rings. The molecular formula is C15H25NO. The van der Waals surface area contributed by atoms with Gasteiger partial charge in [-0.2, -0.15) is 0 Å². The minimum absolute atomic E-state index is 0.202. The van der Waals surface area contributed by atoms with Gasteiger partial charge in [-0.1, -0.05) is 37.3 Å². The van der Waals surface area contributed by atoms with Crippen molar-refractivity contribution in [2.45, 2.75) is 44.8 Å². The van der Waals surface area contributed by atoms with Crippen LogP contribution in [0.3, 0.4) is 0 Å². The molecule has 0 aliphatic heterocycles. The van der Waals surface area contributed by atoms with Crippen LogP contribution in [0.2, 0.25) is 0 Å². The van der Waals surface area contributed by atoms with Gasteiger partial charge >= 0.3 is 0 Å². The highest BCUT2D eigenvalue weighted by molar-refractivity contribution is 5.19. The van der Waals surface area contributed by atoms with Crippen molar-refractivity contribution in [3.8, 4) is 0 Å². The lowest BCUT2D eigenvalue weighted by Crippen LogP contribution is -2.37. The molecule has 0 radical (unpaired) electrons. The highest BCUT2D eigenvalue weighted by atomic mass is 16.3. The van der Waals surface area contributed by atoms with E-state index in [4.69, 9.17) is 0 Å². The molecule has 0 aromatic heterocycles. The highest BCUT2D eigenvalue weighted by Gasteiger charge is 2.20. The fraction of sp³-hybridized carbons (Fsp3) is 0.600. The Morgan fingerprint density at radius 3 is 2.24 bits per heavy atom. The normalized spacial score (nSPS) is 16.8. The van der Waals surface area contributed by atoms with Crippen LogP contribution in [-0.4, -0.2) is 36.2 Å². The molecule has 3 atom stereocenters. The van der Waals surface area contributed by atoms with Gasteiger partial charge in [0.25, 0.3) is 0 Å². The van der Waals surface area contributed by atoms with Crippen molar-refractivity contribution < 1.29 is 5.11 Å². The summed E-state index contributed by atoms with van der Waals surface area (Å²) in [7, 11) is 4.02. The molecule has 2 nitrogen and oxygen atoms in total. The van der Waals surface area contributed by atoms with Crippen molar-refractivity contribution in [3.63, 3.8) is 0 Å². The number of hydrogen-bond donors (Lipinski definition) is 1. The third kappa shape index (κ3) is 4.14. The Balaban J connectivity index is 2.65. The summed E-state index contributed by atoms with van der Waals surface area (Å²) in [5.74, 6) is 0.452. The van der Waals surface area contributed by atoms with Gasteiger partial charge in [0.15, 0.2) is 0 Å². The van der Waals surface area contributed by atoms with E-state index in [1.807, 2.05) is 20.2 Å². The van der Waals surface area contributed by atoms with Crippen LogP contribution in [0.25, 0.3) is 0 Å². The first kappa shape index (κ1) is 14.2. The molecule has 17 heavy (non-hydrogen) atoms. The molecule has 0 spiro atoms. The molecule has 2 heteroatoms. The second-order valence-electron chi connectivity index (χ2n) is 5.02.